The van der Waals surface area contributed by atoms with Crippen molar-refractivity contribution in [2.24, 2.45) is 11.8 Å². The molecule has 1 aromatic rings. The van der Waals surface area contributed by atoms with Crippen LogP contribution in [0, 0.1) is 11.8 Å². The van der Waals surface area contributed by atoms with Crippen LogP contribution in [0.2, 0.25) is 37.8 Å². The zero-order valence-corrected chi connectivity index (χ0v) is 39.8. The van der Waals surface area contributed by atoms with Gasteiger partial charge in [0, 0.05) is 25.4 Å². The largest absolute Gasteiger partial charge is 0.460 e. The normalized spacial score (nSPS) is 23.6. The van der Waals surface area contributed by atoms with Crippen molar-refractivity contribution < 1.29 is 42.3 Å². The average molecular weight is 845 g/mol. The molecule has 326 valence electrons. The van der Waals surface area contributed by atoms with Crippen molar-refractivity contribution in [3.8, 4) is 0 Å². The number of Topliss-reactive ketones (excluding diaryl/α,β-unsaturated/α-hetero) is 1. The number of carbonyl (C=O) groups excluding carboxylic acids is 5. The molecule has 3 N–H and O–H groups in total. The second kappa shape index (κ2) is 21.4. The van der Waals surface area contributed by atoms with Crippen LogP contribution in [0.1, 0.15) is 111 Å². The molecule has 0 aliphatic carbocycles. The first-order chi connectivity index (χ1) is 26.6. The molecular weight excluding hydrogens is 773 g/mol. The lowest BCUT2D eigenvalue weighted by Gasteiger charge is -2.38. The molecule has 0 saturated carbocycles. The number of nitrogens with zero attached hydrogens (tertiary/aromatic N) is 1. The van der Waals surface area contributed by atoms with Crippen LogP contribution in [0.25, 0.3) is 0 Å². The Morgan fingerprint density at radius 3 is 2.26 bits per heavy atom. The number of rotatable bonds is 9. The summed E-state index contributed by atoms with van der Waals surface area (Å²) in [5.74, 6) is -2.04. The molecule has 58 heavy (non-hydrogen) atoms. The van der Waals surface area contributed by atoms with Gasteiger partial charge in [-0.25, -0.2) is 14.6 Å². The molecule has 1 aliphatic heterocycles. The summed E-state index contributed by atoms with van der Waals surface area (Å²) >= 11 is 0. The van der Waals surface area contributed by atoms with E-state index in [0.717, 1.165) is 5.57 Å². The van der Waals surface area contributed by atoms with Crippen molar-refractivity contribution in [3.05, 3.63) is 47.5 Å². The van der Waals surface area contributed by atoms with Crippen molar-refractivity contribution in [1.29, 1.82) is 0 Å². The maximum atomic E-state index is 14.1. The number of ketones is 1. The number of alkyl carbamates (subject to hydrolysis) is 1. The molecule has 1 aromatic heterocycles. The Hall–Kier alpha value is -3.83. The Balaban J connectivity index is 2.56. The third-order valence-corrected chi connectivity index (χ3v) is 16.2. The zero-order valence-electron chi connectivity index (χ0n) is 37.8. The van der Waals surface area contributed by atoms with E-state index >= 15 is 0 Å². The highest BCUT2D eigenvalue weighted by Crippen LogP contribution is 2.38. The predicted octanol–water partition coefficient (Wildman–Crippen LogP) is 7.30. The third-order valence-electron chi connectivity index (χ3n) is 9.98. The lowest BCUT2D eigenvalue weighted by atomic mass is 9.94. The number of hydrogen-bond donors (Lipinski definition) is 3. The Labute approximate surface area is 349 Å². The molecule has 0 radical (unpaired) electrons. The molecule has 13 nitrogen and oxygen atoms in total. The number of fused-ring (bicyclic) bond motifs is 2. The number of esters is 1. The summed E-state index contributed by atoms with van der Waals surface area (Å²) in [6, 6.07) is -1.07. The number of nitrogens with one attached hydrogen (secondary N) is 3. The maximum Gasteiger partial charge on any atom is 0.407 e. The number of aromatic nitrogens is 1. The fourth-order valence-electron chi connectivity index (χ4n) is 5.94. The molecule has 4 atom stereocenters. The van der Waals surface area contributed by atoms with E-state index in [-0.39, 0.29) is 66.0 Å². The predicted molar refractivity (Wildman–Crippen MR) is 233 cm³/mol. The summed E-state index contributed by atoms with van der Waals surface area (Å²) in [7, 11) is -4.65. The van der Waals surface area contributed by atoms with Gasteiger partial charge in [0.1, 0.15) is 37.0 Å². The molecule has 1 aliphatic rings. The van der Waals surface area contributed by atoms with Gasteiger partial charge in [0.05, 0.1) is 12.5 Å². The molecule has 0 saturated heterocycles. The van der Waals surface area contributed by atoms with E-state index in [1.54, 1.807) is 26.8 Å². The summed E-state index contributed by atoms with van der Waals surface area (Å²) < 4.78 is 24.4. The van der Waals surface area contributed by atoms with Gasteiger partial charge in [-0.2, -0.15) is 0 Å². The number of allylic oxidation sites excluding steroid dienone is 2. The topological polar surface area (TPSA) is 175 Å². The number of cyclic esters (lactones) is 1. The van der Waals surface area contributed by atoms with Crippen LogP contribution in [-0.4, -0.2) is 88.0 Å². The number of carbonyl (C=O) groups is 5. The Morgan fingerprint density at radius 1 is 1.02 bits per heavy atom. The van der Waals surface area contributed by atoms with Gasteiger partial charge in [-0.15, -0.1) is 0 Å². The van der Waals surface area contributed by atoms with Crippen molar-refractivity contribution in [3.63, 3.8) is 0 Å². The highest BCUT2D eigenvalue weighted by atomic mass is 28.4. The van der Waals surface area contributed by atoms with Gasteiger partial charge < -0.3 is 34.3 Å². The molecule has 3 amide bonds. The van der Waals surface area contributed by atoms with Gasteiger partial charge in [0.2, 0.25) is 11.8 Å². The van der Waals surface area contributed by atoms with Crippen LogP contribution in [0.4, 0.5) is 4.79 Å². The van der Waals surface area contributed by atoms with Crippen LogP contribution in [0.3, 0.4) is 0 Å². The third kappa shape index (κ3) is 17.2. The minimum absolute atomic E-state index is 0.0439. The molecule has 0 spiro atoms. The number of unbranched alkanes of at least 4 members (excludes halogenated alkanes) is 1. The van der Waals surface area contributed by atoms with E-state index in [1.165, 1.54) is 6.08 Å². The van der Waals surface area contributed by atoms with Gasteiger partial charge in [-0.1, -0.05) is 91.1 Å². The molecule has 1 unspecified atom stereocenters. The van der Waals surface area contributed by atoms with Gasteiger partial charge in [0.25, 0.3) is 5.91 Å². The first-order valence-electron chi connectivity index (χ1n) is 20.6. The van der Waals surface area contributed by atoms with Crippen LogP contribution >= 0.6 is 0 Å². The zero-order chi connectivity index (χ0) is 44.2. The second-order valence-electron chi connectivity index (χ2n) is 19.2. The minimum atomic E-state index is -2.34. The van der Waals surface area contributed by atoms with Gasteiger partial charge in [-0.05, 0) is 77.1 Å². The van der Waals surface area contributed by atoms with Crippen LogP contribution in [0.15, 0.2) is 40.4 Å². The quantitative estimate of drug-likeness (QED) is 0.130. The molecular formula is C43H72N4O9Si2. The van der Waals surface area contributed by atoms with E-state index in [4.69, 9.17) is 18.3 Å². The summed E-state index contributed by atoms with van der Waals surface area (Å²) in [5.41, 5.74) is 0.278. The van der Waals surface area contributed by atoms with Crippen molar-refractivity contribution in [1.82, 2.24) is 20.9 Å². The molecule has 2 bridgehead atoms. The van der Waals surface area contributed by atoms with E-state index in [9.17, 15) is 24.0 Å². The van der Waals surface area contributed by atoms with Gasteiger partial charge in [-0.3, -0.25) is 14.4 Å². The van der Waals surface area contributed by atoms with Crippen LogP contribution < -0.4 is 21.3 Å². The summed E-state index contributed by atoms with van der Waals surface area (Å²) in [6.45, 7) is 30.3. The summed E-state index contributed by atoms with van der Waals surface area (Å²) in [6.07, 6.45) is 8.23. The highest BCUT2D eigenvalue weighted by Gasteiger charge is 2.40. The summed E-state index contributed by atoms with van der Waals surface area (Å²) in [4.78, 5) is 71.4. The van der Waals surface area contributed by atoms with Crippen molar-refractivity contribution in [2.75, 3.05) is 13.1 Å². The smallest absolute Gasteiger partial charge is 0.407 e. The number of hydrogen-bond acceptors (Lipinski definition) is 10. The van der Waals surface area contributed by atoms with Crippen LogP contribution in [-0.2, 0) is 34.7 Å². The summed E-state index contributed by atoms with van der Waals surface area (Å²) in [5, 5.41) is 8.77. The van der Waals surface area contributed by atoms with Gasteiger partial charge >= 0.3 is 12.1 Å². The first-order valence-corrected chi connectivity index (χ1v) is 27.0. The number of ether oxygens (including phenoxy) is 2. The van der Waals surface area contributed by atoms with Crippen LogP contribution in [0.5, 0.6) is 0 Å². The molecule has 2 heterocycles. The second-order valence-corrected chi connectivity index (χ2v) is 29.0. The highest BCUT2D eigenvalue weighted by molar-refractivity contribution is 6.88. The van der Waals surface area contributed by atoms with Crippen molar-refractivity contribution >= 4 is 51.4 Å². The Morgan fingerprint density at radius 2 is 1.67 bits per heavy atom. The van der Waals surface area contributed by atoms with Gasteiger partial charge in [0.15, 0.2) is 14.0 Å². The number of amides is 3. The molecule has 2 rings (SSSR count). The van der Waals surface area contributed by atoms with E-state index in [1.807, 2.05) is 65.6 Å². The molecule has 0 aromatic carbocycles. The lowest BCUT2D eigenvalue weighted by molar-refractivity contribution is -0.156. The monoisotopic (exact) mass is 844 g/mol. The Kier molecular flexibility index (Phi) is 18.6. The maximum absolute atomic E-state index is 14.1. The lowest BCUT2D eigenvalue weighted by Crippen LogP contribution is -2.48. The fraction of sp³-hybridized carbons (Fsp3) is 0.674. The Bertz CT molecular complexity index is 1680. The SMILES string of the molecule is CC1=C\C(O[Si](C)(C)C(C)(C)C)CC(=O)Cc2nc(c([Si](C)(C)C)o2)C(=O)N[C@H](CCCCNC(=O)OC(C)(C)C)C(=O)O[C@H](C(C)C)[C@H](C)/C=C/C(=O)NC\C=C\1. The molecule has 0 fully saturated rings. The van der Waals surface area contributed by atoms with E-state index in [0.29, 0.717) is 24.8 Å². The minimum Gasteiger partial charge on any atom is -0.460 e. The standard InChI is InChI=1S/C43H72N4O9Si2/c1-28(2)37-30(4)21-22-34(49)44-24-18-19-29(3)25-32(56-58(14,15)43(8,9)10)26-31(48)27-35-47-36(40(53-35)57(11,12)13)38(50)46-33(39(51)54-37)20-16-17-23-45-41(52)55-42(5,6)7/h18-19,21-22,25,28,30,32-33,37H,16-17,20,23-24,26-27H2,1-15H3,(H,44,49)(H,45,52)(H,46,50)/b19-18+,22-21+,29-25+/t30-,32?,33-,37-/m1/s1. The van der Waals surface area contributed by atoms with E-state index in [2.05, 4.69) is 54.8 Å². The average Bonchev–Trinajstić information content (AvgIpc) is 3.49. The number of oxazole rings is 1. The van der Waals surface area contributed by atoms with E-state index < -0.39 is 58.2 Å². The molecule has 15 heteroatoms. The fourth-order valence-corrected chi connectivity index (χ4v) is 8.50. The first kappa shape index (κ1) is 50.3. The van der Waals surface area contributed by atoms with Crippen molar-refractivity contribution in [2.45, 2.75) is 163 Å².